The van der Waals surface area contributed by atoms with Gasteiger partial charge in [0.1, 0.15) is 5.84 Å². The number of benzene rings is 1. The third-order valence-electron chi connectivity index (χ3n) is 3.86. The van der Waals surface area contributed by atoms with Crippen LogP contribution in [0.25, 0.3) is 5.65 Å². The van der Waals surface area contributed by atoms with Crippen molar-refractivity contribution in [1.82, 2.24) is 9.38 Å². The van der Waals surface area contributed by atoms with Gasteiger partial charge in [-0.05, 0) is 31.2 Å². The molecule has 10 heteroatoms. The summed E-state index contributed by atoms with van der Waals surface area (Å²) in [6.07, 6.45) is 2.00. The molecule has 0 radical (unpaired) electrons. The molecule has 0 aliphatic rings. The smallest absolute Gasteiger partial charge is 0.258 e. The number of halogens is 3. The molecular formula is C17H16Cl3N5O2. The lowest BCUT2D eigenvalue weighted by molar-refractivity contribution is 0.102. The monoisotopic (exact) mass is 427 g/mol. The first kappa shape index (κ1) is 20.8. The number of hydrogen-bond donors (Lipinski definition) is 3. The highest BCUT2D eigenvalue weighted by Crippen LogP contribution is 2.27. The minimum Gasteiger partial charge on any atom is -0.409 e. The van der Waals surface area contributed by atoms with Crippen molar-refractivity contribution in [3.8, 4) is 0 Å². The van der Waals surface area contributed by atoms with Gasteiger partial charge in [0.05, 0.1) is 39.1 Å². The van der Waals surface area contributed by atoms with Crippen LogP contribution in [-0.4, -0.2) is 26.3 Å². The van der Waals surface area contributed by atoms with Crippen molar-refractivity contribution in [3.63, 3.8) is 0 Å². The van der Waals surface area contributed by atoms with E-state index in [4.69, 9.17) is 34.1 Å². The van der Waals surface area contributed by atoms with Gasteiger partial charge in [-0.1, -0.05) is 34.4 Å². The van der Waals surface area contributed by atoms with E-state index in [0.29, 0.717) is 17.0 Å². The van der Waals surface area contributed by atoms with Gasteiger partial charge < -0.3 is 20.7 Å². The Kier molecular flexibility index (Phi) is 6.54. The van der Waals surface area contributed by atoms with Gasteiger partial charge in [-0.25, -0.2) is 4.98 Å². The van der Waals surface area contributed by atoms with E-state index >= 15 is 0 Å². The van der Waals surface area contributed by atoms with Crippen LogP contribution in [0.2, 0.25) is 10.0 Å². The van der Waals surface area contributed by atoms with E-state index in [1.807, 2.05) is 6.92 Å². The molecule has 0 unspecified atom stereocenters. The lowest BCUT2D eigenvalue weighted by Gasteiger charge is -2.10. The number of nitrogens with two attached hydrogens (primary N) is 1. The van der Waals surface area contributed by atoms with E-state index in [1.165, 1.54) is 0 Å². The zero-order valence-electron chi connectivity index (χ0n) is 14.1. The Bertz CT molecular complexity index is 1010. The van der Waals surface area contributed by atoms with Crippen LogP contribution in [0.5, 0.6) is 0 Å². The van der Waals surface area contributed by atoms with Gasteiger partial charge in [0.2, 0.25) is 0 Å². The summed E-state index contributed by atoms with van der Waals surface area (Å²) in [5, 5.41) is 15.1. The minimum atomic E-state index is -0.438. The van der Waals surface area contributed by atoms with Gasteiger partial charge in [-0.15, -0.1) is 12.4 Å². The Labute approximate surface area is 171 Å². The Morgan fingerprint density at radius 2 is 1.96 bits per heavy atom. The normalized spacial score (nSPS) is 11.3. The molecule has 1 aromatic carbocycles. The fourth-order valence-corrected chi connectivity index (χ4v) is 3.22. The first-order valence-corrected chi connectivity index (χ1v) is 8.36. The van der Waals surface area contributed by atoms with Crippen LogP contribution in [0.15, 0.2) is 41.7 Å². The van der Waals surface area contributed by atoms with Gasteiger partial charge in [-0.3, -0.25) is 4.79 Å². The van der Waals surface area contributed by atoms with Crippen molar-refractivity contribution in [3.05, 3.63) is 63.5 Å². The number of amidine groups is 1. The molecule has 0 spiro atoms. The SMILES string of the molecule is Cc1nc2c(NC(=O)c3c(Cl)cccc3Cl)cccn2c1C/C(N)=N\O.Cl. The largest absolute Gasteiger partial charge is 0.409 e. The molecule has 3 aromatic rings. The highest BCUT2D eigenvalue weighted by atomic mass is 35.5. The van der Waals surface area contributed by atoms with Crippen LogP contribution in [0.3, 0.4) is 0 Å². The zero-order chi connectivity index (χ0) is 18.8. The van der Waals surface area contributed by atoms with Crippen molar-refractivity contribution in [2.45, 2.75) is 13.3 Å². The Morgan fingerprint density at radius 1 is 1.30 bits per heavy atom. The van der Waals surface area contributed by atoms with Crippen molar-refractivity contribution in [1.29, 1.82) is 0 Å². The van der Waals surface area contributed by atoms with Crippen LogP contribution < -0.4 is 11.1 Å². The Balaban J connectivity index is 0.00000261. The number of nitrogens with one attached hydrogen (secondary N) is 1. The van der Waals surface area contributed by atoms with Gasteiger partial charge >= 0.3 is 0 Å². The number of nitrogens with zero attached hydrogens (tertiary/aromatic N) is 3. The molecule has 7 nitrogen and oxygen atoms in total. The summed E-state index contributed by atoms with van der Waals surface area (Å²) >= 11 is 12.2. The van der Waals surface area contributed by atoms with E-state index in [2.05, 4.69) is 15.5 Å². The first-order chi connectivity index (χ1) is 12.4. The van der Waals surface area contributed by atoms with Crippen LogP contribution in [0.4, 0.5) is 5.69 Å². The number of rotatable bonds is 4. The zero-order valence-corrected chi connectivity index (χ0v) is 16.4. The number of anilines is 1. The van der Waals surface area contributed by atoms with Crippen molar-refractivity contribution < 1.29 is 10.0 Å². The van der Waals surface area contributed by atoms with E-state index in [1.54, 1.807) is 40.9 Å². The van der Waals surface area contributed by atoms with E-state index in [-0.39, 0.29) is 40.3 Å². The van der Waals surface area contributed by atoms with Crippen molar-refractivity contribution in [2.75, 3.05) is 5.32 Å². The average Bonchev–Trinajstić information content (AvgIpc) is 2.91. The molecule has 142 valence electrons. The summed E-state index contributed by atoms with van der Waals surface area (Å²) in [7, 11) is 0. The second-order valence-corrected chi connectivity index (χ2v) is 6.39. The maximum atomic E-state index is 12.6. The van der Waals surface area contributed by atoms with Gasteiger partial charge in [-0.2, -0.15) is 0 Å². The fraction of sp³-hybridized carbons (Fsp3) is 0.118. The second-order valence-electron chi connectivity index (χ2n) is 5.58. The van der Waals surface area contributed by atoms with Gasteiger partial charge in [0, 0.05) is 6.20 Å². The highest BCUT2D eigenvalue weighted by molar-refractivity contribution is 6.40. The molecule has 0 aliphatic heterocycles. The Morgan fingerprint density at radius 3 is 2.59 bits per heavy atom. The lowest BCUT2D eigenvalue weighted by Crippen LogP contribution is -2.17. The van der Waals surface area contributed by atoms with Gasteiger partial charge in [0.25, 0.3) is 5.91 Å². The third-order valence-corrected chi connectivity index (χ3v) is 4.49. The molecule has 0 aliphatic carbocycles. The molecule has 2 heterocycles. The second kappa shape index (κ2) is 8.47. The fourth-order valence-electron chi connectivity index (χ4n) is 2.65. The topological polar surface area (TPSA) is 105 Å². The summed E-state index contributed by atoms with van der Waals surface area (Å²) in [6, 6.07) is 8.33. The van der Waals surface area contributed by atoms with E-state index in [9.17, 15) is 4.79 Å². The molecule has 2 aromatic heterocycles. The van der Waals surface area contributed by atoms with E-state index < -0.39 is 5.91 Å². The lowest BCUT2D eigenvalue weighted by atomic mass is 10.2. The summed E-state index contributed by atoms with van der Waals surface area (Å²) in [4.78, 5) is 17.1. The Hall–Kier alpha value is -2.48. The molecule has 3 rings (SSSR count). The predicted molar refractivity (Wildman–Crippen MR) is 109 cm³/mol. The van der Waals surface area contributed by atoms with Crippen LogP contribution >= 0.6 is 35.6 Å². The van der Waals surface area contributed by atoms with Crippen LogP contribution in [0.1, 0.15) is 21.7 Å². The molecule has 4 N–H and O–H groups in total. The molecule has 0 fully saturated rings. The summed E-state index contributed by atoms with van der Waals surface area (Å²) in [6.45, 7) is 1.81. The number of aryl methyl sites for hydroxylation is 1. The summed E-state index contributed by atoms with van der Waals surface area (Å²) in [5.74, 6) is -0.375. The molecule has 0 bridgehead atoms. The van der Waals surface area contributed by atoms with Gasteiger partial charge in [0.15, 0.2) is 5.65 Å². The number of hydrogen-bond acceptors (Lipinski definition) is 4. The number of pyridine rings is 1. The summed E-state index contributed by atoms with van der Waals surface area (Å²) in [5.41, 5.74) is 8.28. The van der Waals surface area contributed by atoms with Crippen molar-refractivity contribution >= 4 is 58.7 Å². The molecule has 0 saturated heterocycles. The molecule has 1 amide bonds. The average molecular weight is 429 g/mol. The number of imidazole rings is 1. The van der Waals surface area contributed by atoms with Crippen molar-refractivity contribution in [2.24, 2.45) is 10.9 Å². The first-order valence-electron chi connectivity index (χ1n) is 7.60. The number of carbonyl (C=O) groups is 1. The molecule has 27 heavy (non-hydrogen) atoms. The van der Waals surface area contributed by atoms with E-state index in [0.717, 1.165) is 5.69 Å². The molecular weight excluding hydrogens is 413 g/mol. The molecule has 0 saturated carbocycles. The number of aromatic nitrogens is 2. The number of amides is 1. The number of fused-ring (bicyclic) bond motifs is 1. The maximum Gasteiger partial charge on any atom is 0.258 e. The number of oxime groups is 1. The highest BCUT2D eigenvalue weighted by Gasteiger charge is 2.18. The maximum absolute atomic E-state index is 12.6. The van der Waals surface area contributed by atoms with Crippen LogP contribution in [0, 0.1) is 6.92 Å². The third kappa shape index (κ3) is 4.10. The predicted octanol–water partition coefficient (Wildman–Crippen LogP) is 3.91. The van der Waals surface area contributed by atoms with Crippen LogP contribution in [-0.2, 0) is 6.42 Å². The molecule has 0 atom stereocenters. The quantitative estimate of drug-likeness (QED) is 0.253. The minimum absolute atomic E-state index is 0. The standard InChI is InChI=1S/C17H15Cl2N5O2.ClH/c1-9-13(8-14(20)23-26)24-7-3-6-12(16(24)21-9)22-17(25)15-10(18)4-2-5-11(15)19;/h2-7,26H,8H2,1H3,(H2,20,23)(H,22,25);1H. The number of carbonyl (C=O) groups excluding carboxylic acids is 1. The summed E-state index contributed by atoms with van der Waals surface area (Å²) < 4.78 is 1.77.